The molecule has 106 valence electrons. The number of carboxylic acid groups (broad SMARTS) is 1. The summed E-state index contributed by atoms with van der Waals surface area (Å²) in [5, 5.41) is 9.05. The van der Waals surface area contributed by atoms with Gasteiger partial charge in [-0.15, -0.1) is 0 Å². The Morgan fingerprint density at radius 2 is 2.00 bits per heavy atom. The van der Waals surface area contributed by atoms with Gasteiger partial charge in [-0.2, -0.15) is 0 Å². The summed E-state index contributed by atoms with van der Waals surface area (Å²) in [6.07, 6.45) is 0.976. The van der Waals surface area contributed by atoms with Crippen LogP contribution in [0.5, 0.6) is 5.75 Å². The van der Waals surface area contributed by atoms with Gasteiger partial charge in [0.15, 0.2) is 0 Å². The molecule has 2 aromatic rings. The zero-order chi connectivity index (χ0) is 15.0. The Balaban J connectivity index is 2.31. The van der Waals surface area contributed by atoms with E-state index in [0.29, 0.717) is 16.7 Å². The SMILES string of the molecule is O=C(O)/C=C1/c2ccc(F)cc2OCc2c(F)cccc21. The fourth-order valence-corrected chi connectivity index (χ4v) is 2.37. The highest BCUT2D eigenvalue weighted by atomic mass is 19.1. The fraction of sp³-hybridized carbons (Fsp3) is 0.0625. The number of halogens is 2. The molecule has 1 heterocycles. The van der Waals surface area contributed by atoms with Gasteiger partial charge in [-0.25, -0.2) is 13.6 Å². The summed E-state index contributed by atoms with van der Waals surface area (Å²) in [7, 11) is 0. The van der Waals surface area contributed by atoms with E-state index >= 15 is 0 Å². The molecule has 5 heteroatoms. The van der Waals surface area contributed by atoms with Crippen molar-refractivity contribution in [1.29, 1.82) is 0 Å². The second-order valence-corrected chi connectivity index (χ2v) is 4.59. The second kappa shape index (κ2) is 5.01. The highest BCUT2D eigenvalue weighted by molar-refractivity contribution is 5.97. The van der Waals surface area contributed by atoms with Crippen LogP contribution in [0, 0.1) is 11.6 Å². The highest BCUT2D eigenvalue weighted by Gasteiger charge is 2.22. The van der Waals surface area contributed by atoms with Crippen LogP contribution in [0.25, 0.3) is 5.57 Å². The summed E-state index contributed by atoms with van der Waals surface area (Å²) >= 11 is 0. The third kappa shape index (κ3) is 2.38. The summed E-state index contributed by atoms with van der Waals surface area (Å²) in [5.41, 5.74) is 1.40. The standard InChI is InChI=1S/C16H10F2O3/c17-9-4-5-11-12(7-16(19)20)10-2-1-3-14(18)13(10)8-21-15(11)6-9/h1-7H,8H2,(H,19,20)/b12-7+. The molecule has 3 rings (SSSR count). The molecule has 0 saturated carbocycles. The van der Waals surface area contributed by atoms with Crippen molar-refractivity contribution in [2.45, 2.75) is 6.61 Å². The van der Waals surface area contributed by atoms with E-state index in [0.717, 1.165) is 12.1 Å². The normalized spacial score (nSPS) is 14.9. The van der Waals surface area contributed by atoms with Gasteiger partial charge in [0.05, 0.1) is 0 Å². The third-order valence-electron chi connectivity index (χ3n) is 3.28. The molecule has 0 amide bonds. The average molecular weight is 288 g/mol. The number of aliphatic carboxylic acids is 1. The molecule has 0 aromatic heterocycles. The van der Waals surface area contributed by atoms with E-state index in [1.807, 2.05) is 0 Å². The van der Waals surface area contributed by atoms with Crippen molar-refractivity contribution in [3.63, 3.8) is 0 Å². The largest absolute Gasteiger partial charge is 0.488 e. The van der Waals surface area contributed by atoms with Crippen molar-refractivity contribution in [2.24, 2.45) is 0 Å². The minimum Gasteiger partial charge on any atom is -0.488 e. The van der Waals surface area contributed by atoms with Crippen molar-refractivity contribution in [3.8, 4) is 5.75 Å². The van der Waals surface area contributed by atoms with Crippen LogP contribution in [0.1, 0.15) is 16.7 Å². The molecule has 0 bridgehead atoms. The first-order valence-electron chi connectivity index (χ1n) is 6.21. The Labute approximate surface area is 119 Å². The summed E-state index contributed by atoms with van der Waals surface area (Å²) < 4.78 is 32.7. The van der Waals surface area contributed by atoms with Crippen LogP contribution >= 0.6 is 0 Å². The lowest BCUT2D eigenvalue weighted by Gasteiger charge is -2.09. The van der Waals surface area contributed by atoms with Gasteiger partial charge in [-0.1, -0.05) is 12.1 Å². The molecule has 0 unspecified atom stereocenters. The zero-order valence-electron chi connectivity index (χ0n) is 10.8. The van der Waals surface area contributed by atoms with Gasteiger partial charge in [-0.3, -0.25) is 0 Å². The molecule has 3 nitrogen and oxygen atoms in total. The number of hydrogen-bond donors (Lipinski definition) is 1. The quantitative estimate of drug-likeness (QED) is 0.818. The van der Waals surface area contributed by atoms with Gasteiger partial charge < -0.3 is 9.84 Å². The van der Waals surface area contributed by atoms with Crippen molar-refractivity contribution in [2.75, 3.05) is 0 Å². The first kappa shape index (κ1) is 13.3. The molecular formula is C16H10F2O3. The van der Waals surface area contributed by atoms with Crippen molar-refractivity contribution in [3.05, 3.63) is 70.8 Å². The van der Waals surface area contributed by atoms with Crippen LogP contribution in [0.4, 0.5) is 8.78 Å². The molecule has 2 aromatic carbocycles. The Morgan fingerprint density at radius 3 is 2.76 bits per heavy atom. The Bertz CT molecular complexity index is 766. The molecule has 0 spiro atoms. The van der Waals surface area contributed by atoms with Crippen LogP contribution in [-0.4, -0.2) is 11.1 Å². The predicted octanol–water partition coefficient (Wildman–Crippen LogP) is 3.37. The molecule has 1 aliphatic heterocycles. The van der Waals surface area contributed by atoms with Gasteiger partial charge in [0, 0.05) is 28.8 Å². The summed E-state index contributed by atoms with van der Waals surface area (Å²) in [5.74, 6) is -1.97. The monoisotopic (exact) mass is 288 g/mol. The lowest BCUT2D eigenvalue weighted by atomic mass is 9.94. The molecular weight excluding hydrogens is 278 g/mol. The van der Waals surface area contributed by atoms with Crippen molar-refractivity contribution in [1.82, 2.24) is 0 Å². The Morgan fingerprint density at radius 1 is 1.19 bits per heavy atom. The number of rotatable bonds is 1. The van der Waals surface area contributed by atoms with E-state index in [4.69, 9.17) is 9.84 Å². The molecule has 1 N–H and O–H groups in total. The molecule has 0 radical (unpaired) electrons. The maximum Gasteiger partial charge on any atom is 0.328 e. The fourth-order valence-electron chi connectivity index (χ4n) is 2.37. The summed E-state index contributed by atoms with van der Waals surface area (Å²) in [6.45, 7) is -0.0879. The molecule has 0 fully saturated rings. The van der Waals surface area contributed by atoms with Gasteiger partial charge in [-0.05, 0) is 23.8 Å². The summed E-state index contributed by atoms with van der Waals surface area (Å²) in [6, 6.07) is 8.20. The number of fused-ring (bicyclic) bond motifs is 2. The molecule has 0 atom stereocenters. The number of carboxylic acids is 1. The Kier molecular flexibility index (Phi) is 3.17. The Hall–Kier alpha value is -2.69. The second-order valence-electron chi connectivity index (χ2n) is 4.59. The van der Waals surface area contributed by atoms with E-state index in [1.165, 1.54) is 24.3 Å². The minimum atomic E-state index is -1.17. The molecule has 21 heavy (non-hydrogen) atoms. The first-order valence-corrected chi connectivity index (χ1v) is 6.21. The van der Waals surface area contributed by atoms with Crippen LogP contribution in [-0.2, 0) is 11.4 Å². The van der Waals surface area contributed by atoms with E-state index in [2.05, 4.69) is 0 Å². The van der Waals surface area contributed by atoms with Crippen LogP contribution in [0.3, 0.4) is 0 Å². The first-order chi connectivity index (χ1) is 10.1. The number of benzene rings is 2. The third-order valence-corrected chi connectivity index (χ3v) is 3.28. The minimum absolute atomic E-state index is 0.0879. The van der Waals surface area contributed by atoms with E-state index in [1.54, 1.807) is 6.07 Å². The number of ether oxygens (including phenoxy) is 1. The smallest absolute Gasteiger partial charge is 0.328 e. The maximum atomic E-state index is 13.9. The number of carbonyl (C=O) groups is 1. The molecule has 0 saturated heterocycles. The van der Waals surface area contributed by atoms with Gasteiger partial charge in [0.2, 0.25) is 0 Å². The van der Waals surface area contributed by atoms with Crippen LogP contribution in [0.15, 0.2) is 42.5 Å². The zero-order valence-corrected chi connectivity index (χ0v) is 10.8. The van der Waals surface area contributed by atoms with Crippen molar-refractivity contribution < 1.29 is 23.4 Å². The lowest BCUT2D eigenvalue weighted by molar-refractivity contribution is -0.131. The molecule has 1 aliphatic rings. The lowest BCUT2D eigenvalue weighted by Crippen LogP contribution is -2.00. The van der Waals surface area contributed by atoms with Crippen LogP contribution in [0.2, 0.25) is 0 Å². The van der Waals surface area contributed by atoms with Gasteiger partial charge in [0.25, 0.3) is 0 Å². The predicted molar refractivity (Wildman–Crippen MR) is 71.8 cm³/mol. The summed E-state index contributed by atoms with van der Waals surface area (Å²) in [4.78, 5) is 11.1. The molecule has 0 aliphatic carbocycles. The highest BCUT2D eigenvalue weighted by Crippen LogP contribution is 2.37. The van der Waals surface area contributed by atoms with Gasteiger partial charge in [0.1, 0.15) is 24.0 Å². The van der Waals surface area contributed by atoms with Gasteiger partial charge >= 0.3 is 5.97 Å². The topological polar surface area (TPSA) is 46.5 Å². The van der Waals surface area contributed by atoms with E-state index < -0.39 is 17.6 Å². The van der Waals surface area contributed by atoms with Crippen molar-refractivity contribution >= 4 is 11.5 Å². The van der Waals surface area contributed by atoms with E-state index in [-0.39, 0.29) is 17.9 Å². The number of hydrogen-bond acceptors (Lipinski definition) is 2. The maximum absolute atomic E-state index is 13.9. The van der Waals surface area contributed by atoms with Crippen LogP contribution < -0.4 is 4.74 Å². The average Bonchev–Trinajstić information content (AvgIpc) is 2.57. The van der Waals surface area contributed by atoms with E-state index in [9.17, 15) is 13.6 Å².